The van der Waals surface area contributed by atoms with E-state index in [2.05, 4.69) is 27.8 Å². The Bertz CT molecular complexity index is 890. The van der Waals surface area contributed by atoms with Crippen molar-refractivity contribution in [2.24, 2.45) is 0 Å². The predicted octanol–water partition coefficient (Wildman–Crippen LogP) is 4.01. The Kier molecular flexibility index (Phi) is 6.46. The number of pyridine rings is 1. The number of aromatic nitrogens is 1. The van der Waals surface area contributed by atoms with E-state index in [1.54, 1.807) is 44.7 Å². The number of methoxy groups -OCH3 is 2. The van der Waals surface area contributed by atoms with E-state index in [1.807, 2.05) is 24.3 Å². The lowest BCUT2D eigenvalue weighted by Crippen LogP contribution is -2.13. The van der Waals surface area contributed by atoms with Crippen LogP contribution in [0.15, 0.2) is 66.9 Å². The lowest BCUT2D eigenvalue weighted by Gasteiger charge is -2.10. The fraction of sp³-hybridized carbons (Fsp3) is 0.182. The molecule has 0 radical (unpaired) electrons. The Labute approximate surface area is 164 Å². The van der Waals surface area contributed by atoms with Crippen LogP contribution in [-0.2, 0) is 6.42 Å². The Balaban J connectivity index is 1.57. The number of nitrogens with one attached hydrogen (secondary N) is 2. The molecule has 0 atom stereocenters. The number of carbonyl (C=O) groups is 1. The van der Waals surface area contributed by atoms with Crippen LogP contribution in [0.1, 0.15) is 15.9 Å². The molecule has 0 unspecified atom stereocenters. The van der Waals surface area contributed by atoms with Crippen LogP contribution in [0.25, 0.3) is 0 Å². The van der Waals surface area contributed by atoms with Gasteiger partial charge in [0.05, 0.1) is 26.1 Å². The largest absolute Gasteiger partial charge is 0.497 e. The van der Waals surface area contributed by atoms with Gasteiger partial charge in [-0.1, -0.05) is 30.3 Å². The van der Waals surface area contributed by atoms with Gasteiger partial charge in [0.2, 0.25) is 0 Å². The molecule has 2 N–H and O–H groups in total. The lowest BCUT2D eigenvalue weighted by atomic mass is 10.1. The summed E-state index contributed by atoms with van der Waals surface area (Å²) in [5, 5.41) is 6.11. The third-order valence-corrected chi connectivity index (χ3v) is 4.20. The van der Waals surface area contributed by atoms with Crippen LogP contribution in [0, 0.1) is 0 Å². The molecule has 6 nitrogen and oxygen atoms in total. The number of anilines is 2. The molecular formula is C22H23N3O3. The van der Waals surface area contributed by atoms with Crippen molar-refractivity contribution >= 4 is 17.4 Å². The molecule has 1 heterocycles. The zero-order valence-corrected chi connectivity index (χ0v) is 15.9. The highest BCUT2D eigenvalue weighted by atomic mass is 16.5. The van der Waals surface area contributed by atoms with Gasteiger partial charge in [0, 0.05) is 18.2 Å². The highest BCUT2D eigenvalue weighted by molar-refractivity contribution is 6.04. The highest BCUT2D eigenvalue weighted by Crippen LogP contribution is 2.23. The average Bonchev–Trinajstić information content (AvgIpc) is 2.75. The second-order valence-corrected chi connectivity index (χ2v) is 6.15. The van der Waals surface area contributed by atoms with Crippen molar-refractivity contribution in [1.29, 1.82) is 0 Å². The Morgan fingerprint density at radius 3 is 2.29 bits per heavy atom. The van der Waals surface area contributed by atoms with Crippen LogP contribution < -0.4 is 20.1 Å². The summed E-state index contributed by atoms with van der Waals surface area (Å²) in [5.41, 5.74) is 2.61. The van der Waals surface area contributed by atoms with Crippen LogP contribution >= 0.6 is 0 Å². The third kappa shape index (κ3) is 5.23. The number of hydrogen-bond acceptors (Lipinski definition) is 5. The van der Waals surface area contributed by atoms with Crippen LogP contribution in [0.5, 0.6) is 11.5 Å². The van der Waals surface area contributed by atoms with Gasteiger partial charge in [0.1, 0.15) is 17.3 Å². The number of hydrogen-bond donors (Lipinski definition) is 2. The van der Waals surface area contributed by atoms with Gasteiger partial charge in [-0.2, -0.15) is 0 Å². The molecule has 0 saturated heterocycles. The molecule has 0 saturated carbocycles. The summed E-state index contributed by atoms with van der Waals surface area (Å²) < 4.78 is 10.4. The van der Waals surface area contributed by atoms with E-state index in [0.717, 1.165) is 18.7 Å². The molecule has 0 spiro atoms. The summed E-state index contributed by atoms with van der Waals surface area (Å²) in [4.78, 5) is 16.8. The van der Waals surface area contributed by atoms with Crippen LogP contribution in [-0.4, -0.2) is 31.7 Å². The standard InChI is InChI=1S/C22H23N3O3/c1-27-19-12-17(13-20(14-19)28-2)22(26)25-21-9-8-18(15-24-21)23-11-10-16-6-4-3-5-7-16/h3-9,12-15,23H,10-11H2,1-2H3,(H,24,25,26). The summed E-state index contributed by atoms with van der Waals surface area (Å²) in [6.45, 7) is 0.807. The minimum atomic E-state index is -0.283. The van der Waals surface area contributed by atoms with E-state index in [4.69, 9.17) is 9.47 Å². The molecule has 6 heteroatoms. The second kappa shape index (κ2) is 9.41. The molecule has 28 heavy (non-hydrogen) atoms. The molecular weight excluding hydrogens is 354 g/mol. The van der Waals surface area contributed by atoms with Gasteiger partial charge in [-0.25, -0.2) is 4.98 Å². The zero-order chi connectivity index (χ0) is 19.8. The maximum Gasteiger partial charge on any atom is 0.257 e. The summed E-state index contributed by atoms with van der Waals surface area (Å²) in [6, 6.07) is 19.0. The van der Waals surface area contributed by atoms with E-state index < -0.39 is 0 Å². The molecule has 0 bridgehead atoms. The average molecular weight is 377 g/mol. The van der Waals surface area contributed by atoms with Crippen molar-refractivity contribution in [3.8, 4) is 11.5 Å². The fourth-order valence-corrected chi connectivity index (χ4v) is 2.70. The monoisotopic (exact) mass is 377 g/mol. The van der Waals surface area contributed by atoms with Crippen molar-refractivity contribution < 1.29 is 14.3 Å². The van der Waals surface area contributed by atoms with Gasteiger partial charge in [-0.05, 0) is 36.2 Å². The molecule has 1 aromatic heterocycles. The summed E-state index contributed by atoms with van der Waals surface area (Å²) >= 11 is 0. The molecule has 3 aromatic rings. The number of amides is 1. The first-order valence-corrected chi connectivity index (χ1v) is 8.96. The van der Waals surface area contributed by atoms with Gasteiger partial charge in [0.25, 0.3) is 5.91 Å². The smallest absolute Gasteiger partial charge is 0.257 e. The molecule has 0 aliphatic heterocycles. The van der Waals surface area contributed by atoms with Crippen molar-refractivity contribution in [3.05, 3.63) is 78.0 Å². The second-order valence-electron chi connectivity index (χ2n) is 6.15. The first-order valence-electron chi connectivity index (χ1n) is 8.96. The lowest BCUT2D eigenvalue weighted by molar-refractivity contribution is 0.102. The molecule has 0 aliphatic rings. The van der Waals surface area contributed by atoms with Crippen LogP contribution in [0.2, 0.25) is 0 Å². The summed E-state index contributed by atoms with van der Waals surface area (Å²) in [7, 11) is 3.09. The molecule has 0 fully saturated rings. The summed E-state index contributed by atoms with van der Waals surface area (Å²) in [5.74, 6) is 1.29. The topological polar surface area (TPSA) is 72.5 Å². The molecule has 144 valence electrons. The van der Waals surface area contributed by atoms with E-state index >= 15 is 0 Å². The quantitative estimate of drug-likeness (QED) is 0.621. The first kappa shape index (κ1) is 19.2. The minimum Gasteiger partial charge on any atom is -0.497 e. The van der Waals surface area contributed by atoms with Crippen molar-refractivity contribution in [1.82, 2.24) is 4.98 Å². The number of rotatable bonds is 8. The maximum atomic E-state index is 12.5. The van der Waals surface area contributed by atoms with Gasteiger partial charge >= 0.3 is 0 Å². The third-order valence-electron chi connectivity index (χ3n) is 4.20. The van der Waals surface area contributed by atoms with Crippen LogP contribution in [0.4, 0.5) is 11.5 Å². The highest BCUT2D eigenvalue weighted by Gasteiger charge is 2.11. The number of benzene rings is 2. The SMILES string of the molecule is COc1cc(OC)cc(C(=O)Nc2ccc(NCCc3ccccc3)cn2)c1. The van der Waals surface area contributed by atoms with Gasteiger partial charge in [0.15, 0.2) is 0 Å². The summed E-state index contributed by atoms with van der Waals surface area (Å²) in [6.07, 6.45) is 2.63. The zero-order valence-electron chi connectivity index (χ0n) is 15.9. The van der Waals surface area contributed by atoms with Crippen molar-refractivity contribution in [2.75, 3.05) is 31.4 Å². The Morgan fingerprint density at radius 1 is 0.964 bits per heavy atom. The Morgan fingerprint density at radius 2 is 1.68 bits per heavy atom. The van der Waals surface area contributed by atoms with Crippen molar-refractivity contribution in [2.45, 2.75) is 6.42 Å². The van der Waals surface area contributed by atoms with Gasteiger partial charge in [-0.15, -0.1) is 0 Å². The van der Waals surface area contributed by atoms with Crippen LogP contribution in [0.3, 0.4) is 0 Å². The molecule has 0 aliphatic carbocycles. The van der Waals surface area contributed by atoms with E-state index in [9.17, 15) is 4.79 Å². The van der Waals surface area contributed by atoms with Gasteiger partial charge in [-0.3, -0.25) is 4.79 Å². The van der Waals surface area contributed by atoms with E-state index in [-0.39, 0.29) is 5.91 Å². The van der Waals surface area contributed by atoms with E-state index in [0.29, 0.717) is 22.9 Å². The minimum absolute atomic E-state index is 0.283. The number of ether oxygens (including phenoxy) is 2. The molecule has 1 amide bonds. The van der Waals surface area contributed by atoms with Gasteiger partial charge < -0.3 is 20.1 Å². The normalized spacial score (nSPS) is 10.2. The number of nitrogens with zero attached hydrogens (tertiary/aromatic N) is 1. The number of carbonyl (C=O) groups excluding carboxylic acids is 1. The van der Waals surface area contributed by atoms with E-state index in [1.165, 1.54) is 5.56 Å². The Hall–Kier alpha value is -3.54. The maximum absolute atomic E-state index is 12.5. The molecule has 2 aromatic carbocycles. The van der Waals surface area contributed by atoms with Crippen molar-refractivity contribution in [3.63, 3.8) is 0 Å². The predicted molar refractivity (Wildman–Crippen MR) is 110 cm³/mol. The fourth-order valence-electron chi connectivity index (χ4n) is 2.70. The first-order chi connectivity index (χ1) is 13.7. The molecule has 3 rings (SSSR count).